The first-order valence-electron chi connectivity index (χ1n) is 30.7. The van der Waals surface area contributed by atoms with Crippen molar-refractivity contribution < 1.29 is 0 Å². The van der Waals surface area contributed by atoms with Gasteiger partial charge in [-0.2, -0.15) is 9.97 Å². The number of fused-ring (bicyclic) bond motifs is 6. The van der Waals surface area contributed by atoms with E-state index in [1.54, 1.807) is 0 Å². The molecule has 16 aromatic rings. The first-order valence-corrected chi connectivity index (χ1v) is 32.7. The average molecular weight is 1150 g/mol. The first-order chi connectivity index (χ1) is 44.2. The Morgan fingerprint density at radius 1 is 0.270 bits per heavy atom. The number of nitrogens with zero attached hydrogens (tertiary/aromatic N) is 5. The highest BCUT2D eigenvalue weighted by Crippen LogP contribution is 2.58. The lowest BCUT2D eigenvalue weighted by Crippen LogP contribution is -2.75. The van der Waals surface area contributed by atoms with Crippen LogP contribution < -0.4 is 20.7 Å². The second-order valence-corrected chi connectivity index (χ2v) is 27.4. The number of rotatable bonds is 10. The van der Waals surface area contributed by atoms with Crippen LogP contribution in [0.4, 0.5) is 0 Å². The molecule has 6 heteroatoms. The molecule has 2 bridgehead atoms. The number of hydrogen-bond acceptors (Lipinski definition) is 3. The van der Waals surface area contributed by atoms with Gasteiger partial charge in [0.05, 0.1) is 22.1 Å². The van der Waals surface area contributed by atoms with E-state index in [9.17, 15) is 0 Å². The van der Waals surface area contributed by atoms with Crippen LogP contribution in [0.25, 0.3) is 100 Å². The SMILES string of the molecule is c1ccc(-c2ccc([Si](c3ccccc3)(c3ccccc3)c3cccc4c3C3c5ccccc5C4c4cccc(-c5ccccc5-c5nc(-c6cccc(-n7c8ccccc8c8ccccc87)c6)nc(-n6c7ccccc7c7ccccc76)n5)c43)cc2)cc1. The monoisotopic (exact) mass is 1150 g/mol. The van der Waals surface area contributed by atoms with Crippen molar-refractivity contribution >= 4 is 72.4 Å². The Balaban J connectivity index is 0.868. The van der Waals surface area contributed by atoms with E-state index in [0.29, 0.717) is 17.6 Å². The molecule has 416 valence electrons. The lowest BCUT2D eigenvalue weighted by atomic mass is 9.60. The minimum absolute atomic E-state index is 0.000497. The van der Waals surface area contributed by atoms with Crippen molar-refractivity contribution in [3.05, 3.63) is 355 Å². The molecule has 3 heterocycles. The van der Waals surface area contributed by atoms with Crippen molar-refractivity contribution in [2.45, 2.75) is 11.8 Å². The maximum absolute atomic E-state index is 5.66. The van der Waals surface area contributed by atoms with Gasteiger partial charge in [0, 0.05) is 50.2 Å². The summed E-state index contributed by atoms with van der Waals surface area (Å²) < 4.78 is 4.59. The lowest BCUT2D eigenvalue weighted by molar-refractivity contribution is 0.760. The summed E-state index contributed by atoms with van der Waals surface area (Å²) in [6.07, 6.45) is 0. The molecule has 0 N–H and O–H groups in total. The molecule has 0 fully saturated rings. The minimum atomic E-state index is -3.13. The van der Waals surface area contributed by atoms with E-state index in [1.165, 1.54) is 81.6 Å². The van der Waals surface area contributed by atoms with Crippen LogP contribution in [0.3, 0.4) is 0 Å². The molecule has 0 aliphatic heterocycles. The molecule has 3 aliphatic carbocycles. The summed E-state index contributed by atoms with van der Waals surface area (Å²) in [5, 5.41) is 10.2. The Bertz CT molecular complexity index is 5310. The number of benzene rings is 13. The quantitative estimate of drug-likeness (QED) is 0.101. The Labute approximate surface area is 516 Å². The molecule has 0 saturated heterocycles. The topological polar surface area (TPSA) is 48.5 Å². The van der Waals surface area contributed by atoms with Crippen LogP contribution in [0.2, 0.25) is 0 Å². The molecule has 0 amide bonds. The van der Waals surface area contributed by atoms with E-state index in [1.807, 2.05) is 0 Å². The molecule has 5 nitrogen and oxygen atoms in total. The molecule has 0 spiro atoms. The second kappa shape index (κ2) is 20.4. The number of aromatic nitrogens is 5. The van der Waals surface area contributed by atoms with E-state index in [2.05, 4.69) is 331 Å². The maximum Gasteiger partial charge on any atom is 0.238 e. The molecule has 3 aliphatic rings. The van der Waals surface area contributed by atoms with Crippen molar-refractivity contribution in [3.63, 3.8) is 0 Å². The van der Waals surface area contributed by atoms with E-state index in [-0.39, 0.29) is 11.8 Å². The molecular formula is C83H55N5Si. The summed E-state index contributed by atoms with van der Waals surface area (Å²) in [7, 11) is -3.13. The van der Waals surface area contributed by atoms with Crippen molar-refractivity contribution in [1.29, 1.82) is 0 Å². The van der Waals surface area contributed by atoms with Crippen molar-refractivity contribution in [2.75, 3.05) is 0 Å². The number of para-hydroxylation sites is 4. The van der Waals surface area contributed by atoms with Gasteiger partial charge < -0.3 is 4.57 Å². The Morgan fingerprint density at radius 3 is 1.31 bits per heavy atom. The van der Waals surface area contributed by atoms with Crippen LogP contribution in [-0.4, -0.2) is 32.2 Å². The Morgan fingerprint density at radius 2 is 0.697 bits per heavy atom. The summed E-state index contributed by atoms with van der Waals surface area (Å²) >= 11 is 0. The molecule has 3 aromatic heterocycles. The summed E-state index contributed by atoms with van der Waals surface area (Å²) in [4.78, 5) is 16.8. The van der Waals surface area contributed by atoms with Gasteiger partial charge >= 0.3 is 0 Å². The van der Waals surface area contributed by atoms with Crippen LogP contribution in [-0.2, 0) is 0 Å². The number of hydrogen-bond donors (Lipinski definition) is 0. The van der Waals surface area contributed by atoms with Gasteiger partial charge in [-0.1, -0.05) is 285 Å². The summed E-state index contributed by atoms with van der Waals surface area (Å²) in [6, 6.07) is 119. The fourth-order valence-electron chi connectivity index (χ4n) is 15.5. The summed E-state index contributed by atoms with van der Waals surface area (Å²) in [5.41, 5.74) is 20.1. The molecular weight excluding hydrogens is 1100 g/mol. The molecule has 89 heavy (non-hydrogen) atoms. The van der Waals surface area contributed by atoms with Crippen molar-refractivity contribution in [3.8, 4) is 56.7 Å². The first kappa shape index (κ1) is 51.0. The Hall–Kier alpha value is -11.3. The van der Waals surface area contributed by atoms with Gasteiger partial charge in [-0.05, 0) is 113 Å². The van der Waals surface area contributed by atoms with E-state index in [4.69, 9.17) is 15.0 Å². The van der Waals surface area contributed by atoms with Crippen molar-refractivity contribution in [2.24, 2.45) is 0 Å². The molecule has 13 aromatic carbocycles. The molecule has 19 rings (SSSR count). The third kappa shape index (κ3) is 7.77. The van der Waals surface area contributed by atoms with Crippen LogP contribution in [0, 0.1) is 0 Å². The highest BCUT2D eigenvalue weighted by atomic mass is 28.3. The van der Waals surface area contributed by atoms with Gasteiger partial charge in [-0.25, -0.2) is 4.98 Å². The van der Waals surface area contributed by atoms with Gasteiger partial charge in [-0.3, -0.25) is 4.57 Å². The normalized spacial score (nSPS) is 14.1. The van der Waals surface area contributed by atoms with Crippen molar-refractivity contribution in [1.82, 2.24) is 24.1 Å². The predicted octanol–water partition coefficient (Wildman–Crippen LogP) is 17.1. The average Bonchev–Trinajstić information content (AvgIpc) is 1.45. The van der Waals surface area contributed by atoms with Crippen LogP contribution in [0.5, 0.6) is 0 Å². The highest BCUT2D eigenvalue weighted by Gasteiger charge is 2.50. The zero-order chi connectivity index (χ0) is 58.6. The largest absolute Gasteiger partial charge is 0.309 e. The smallest absolute Gasteiger partial charge is 0.238 e. The van der Waals surface area contributed by atoms with Crippen LogP contribution in [0.1, 0.15) is 45.2 Å². The summed E-state index contributed by atoms with van der Waals surface area (Å²) in [5.74, 6) is 1.64. The van der Waals surface area contributed by atoms with Gasteiger partial charge in [0.25, 0.3) is 0 Å². The predicted molar refractivity (Wildman–Crippen MR) is 369 cm³/mol. The molecule has 2 unspecified atom stereocenters. The minimum Gasteiger partial charge on any atom is -0.309 e. The molecule has 0 saturated carbocycles. The summed E-state index contributed by atoms with van der Waals surface area (Å²) in [6.45, 7) is 0. The van der Waals surface area contributed by atoms with Gasteiger partial charge in [0.1, 0.15) is 0 Å². The van der Waals surface area contributed by atoms with E-state index >= 15 is 0 Å². The third-order valence-corrected chi connectivity index (χ3v) is 24.0. The maximum atomic E-state index is 5.66. The fraction of sp³-hybridized carbons (Fsp3) is 0.0241. The Kier molecular flexibility index (Phi) is 11.7. The second-order valence-electron chi connectivity index (χ2n) is 23.7. The van der Waals surface area contributed by atoms with Crippen LogP contribution in [0.15, 0.2) is 322 Å². The highest BCUT2D eigenvalue weighted by molar-refractivity contribution is 7.20. The van der Waals surface area contributed by atoms with Gasteiger partial charge in [0.15, 0.2) is 19.7 Å². The standard InChI is InChI=1S/C83H55N5Si/c1-4-25-54(26-5-1)55-49-51-60(52-50-55)89(58-29-6-2-7-30-58,59-31-8-3-9-32-59)76-48-24-43-71-77-67-38-11-12-39-68(67)80(79(71)76)78-66(41-23-42-70(77)78)61-33-10-13-40-69(61)82-84-81(85-83(86-82)88-74-46-20-16-36-64(74)65-37-17-21-47-75(65)88)56-27-22-28-57(53-56)87-72-44-18-14-34-62(72)63-35-15-19-45-73(63)87/h1-53,77,80H. The van der Waals surface area contributed by atoms with Gasteiger partial charge in [0.2, 0.25) is 5.95 Å². The zero-order valence-corrected chi connectivity index (χ0v) is 49.5. The third-order valence-electron chi connectivity index (χ3n) is 19.1. The fourth-order valence-corrected chi connectivity index (χ4v) is 20.5. The zero-order valence-electron chi connectivity index (χ0n) is 48.5. The van der Waals surface area contributed by atoms with Crippen LogP contribution >= 0.6 is 0 Å². The lowest BCUT2D eigenvalue weighted by Gasteiger charge is -2.47. The van der Waals surface area contributed by atoms with Gasteiger partial charge in [-0.15, -0.1) is 0 Å². The molecule has 2 atom stereocenters. The molecule has 0 radical (unpaired) electrons. The van der Waals surface area contributed by atoms with E-state index < -0.39 is 8.07 Å². The van der Waals surface area contributed by atoms with E-state index in [0.717, 1.165) is 55.2 Å².